The molecule has 0 aromatic carbocycles. The van der Waals surface area contributed by atoms with E-state index in [-0.39, 0.29) is 16.6 Å². The smallest absolute Gasteiger partial charge is 0.263 e. The molecule has 2 rings (SSSR count). The molecule has 5 nitrogen and oxygen atoms in total. The lowest BCUT2D eigenvalue weighted by Crippen LogP contribution is -2.51. The Morgan fingerprint density at radius 1 is 1.15 bits per heavy atom. The molecular formula is C14H15N3O2S. The molecule has 20 heavy (non-hydrogen) atoms. The van der Waals surface area contributed by atoms with Crippen LogP contribution >= 0.6 is 12.2 Å². The SMILES string of the molecule is N#CC1CCC(/C=C/C=C2C(=O)NC(=S)NC2=O)CC1. The highest BCUT2D eigenvalue weighted by atomic mass is 32.1. The Kier molecular flexibility index (Phi) is 4.64. The van der Waals surface area contributed by atoms with Crippen LogP contribution in [0.4, 0.5) is 0 Å². The Hall–Kier alpha value is -2.00. The molecule has 0 unspecified atom stereocenters. The Labute approximate surface area is 122 Å². The molecule has 2 N–H and O–H groups in total. The van der Waals surface area contributed by atoms with E-state index in [0.29, 0.717) is 5.92 Å². The molecular weight excluding hydrogens is 274 g/mol. The fourth-order valence-corrected chi connectivity index (χ4v) is 2.56. The van der Waals surface area contributed by atoms with Crippen molar-refractivity contribution in [3.63, 3.8) is 0 Å². The van der Waals surface area contributed by atoms with E-state index in [1.54, 1.807) is 6.08 Å². The summed E-state index contributed by atoms with van der Waals surface area (Å²) in [6, 6.07) is 2.29. The van der Waals surface area contributed by atoms with Gasteiger partial charge in [-0.25, -0.2) is 0 Å². The minimum Gasteiger partial charge on any atom is -0.299 e. The van der Waals surface area contributed by atoms with Crippen LogP contribution in [0.25, 0.3) is 0 Å². The Morgan fingerprint density at radius 3 is 2.30 bits per heavy atom. The van der Waals surface area contributed by atoms with Crippen LogP contribution in [0.1, 0.15) is 25.7 Å². The lowest BCUT2D eigenvalue weighted by molar-refractivity contribution is -0.123. The summed E-state index contributed by atoms with van der Waals surface area (Å²) in [6.45, 7) is 0. The van der Waals surface area contributed by atoms with Crippen molar-refractivity contribution >= 4 is 29.1 Å². The fraction of sp³-hybridized carbons (Fsp3) is 0.429. The van der Waals surface area contributed by atoms with E-state index >= 15 is 0 Å². The second-order valence-corrected chi connectivity index (χ2v) is 5.35. The monoisotopic (exact) mass is 289 g/mol. The van der Waals surface area contributed by atoms with Gasteiger partial charge < -0.3 is 0 Å². The van der Waals surface area contributed by atoms with Gasteiger partial charge in [0.2, 0.25) is 0 Å². The topological polar surface area (TPSA) is 82.0 Å². The Bertz CT molecular complexity index is 515. The highest BCUT2D eigenvalue weighted by molar-refractivity contribution is 7.80. The molecule has 2 aliphatic rings. The van der Waals surface area contributed by atoms with Crippen LogP contribution in [0, 0.1) is 23.2 Å². The van der Waals surface area contributed by atoms with Crippen molar-refractivity contribution in [1.82, 2.24) is 10.6 Å². The average molecular weight is 289 g/mol. The maximum Gasteiger partial charge on any atom is 0.263 e. The first-order valence-electron chi connectivity index (χ1n) is 6.55. The number of rotatable bonds is 2. The third kappa shape index (κ3) is 3.52. The molecule has 1 saturated heterocycles. The summed E-state index contributed by atoms with van der Waals surface area (Å²) in [5.41, 5.74) is 0.0561. The molecule has 1 saturated carbocycles. The first-order valence-corrected chi connectivity index (χ1v) is 6.95. The van der Waals surface area contributed by atoms with Gasteiger partial charge in [-0.2, -0.15) is 5.26 Å². The summed E-state index contributed by atoms with van der Waals surface area (Å²) in [6.07, 6.45) is 9.01. The van der Waals surface area contributed by atoms with Gasteiger partial charge in [-0.1, -0.05) is 12.2 Å². The zero-order valence-electron chi connectivity index (χ0n) is 10.9. The van der Waals surface area contributed by atoms with Crippen molar-refractivity contribution < 1.29 is 9.59 Å². The van der Waals surface area contributed by atoms with E-state index in [0.717, 1.165) is 25.7 Å². The molecule has 2 amide bonds. The van der Waals surface area contributed by atoms with Gasteiger partial charge in [0.25, 0.3) is 11.8 Å². The van der Waals surface area contributed by atoms with Crippen LogP contribution < -0.4 is 10.6 Å². The number of carbonyl (C=O) groups is 2. The summed E-state index contributed by atoms with van der Waals surface area (Å²) in [5, 5.41) is 13.6. The molecule has 0 aromatic rings. The van der Waals surface area contributed by atoms with Crippen LogP contribution in [-0.2, 0) is 9.59 Å². The zero-order chi connectivity index (χ0) is 14.5. The van der Waals surface area contributed by atoms with Gasteiger partial charge >= 0.3 is 0 Å². The van der Waals surface area contributed by atoms with E-state index in [1.807, 2.05) is 6.08 Å². The van der Waals surface area contributed by atoms with Crippen molar-refractivity contribution in [3.8, 4) is 6.07 Å². The molecule has 6 heteroatoms. The number of thiocarbonyl (C=S) groups is 1. The van der Waals surface area contributed by atoms with E-state index in [1.165, 1.54) is 6.08 Å². The molecule has 1 aliphatic carbocycles. The van der Waals surface area contributed by atoms with Crippen molar-refractivity contribution in [2.75, 3.05) is 0 Å². The van der Waals surface area contributed by atoms with E-state index in [2.05, 4.69) is 16.7 Å². The van der Waals surface area contributed by atoms with Gasteiger partial charge in [0.15, 0.2) is 5.11 Å². The van der Waals surface area contributed by atoms with Crippen LogP contribution in [0.15, 0.2) is 23.8 Å². The third-order valence-corrected chi connectivity index (χ3v) is 3.75. The highest BCUT2D eigenvalue weighted by Crippen LogP contribution is 2.29. The number of nitriles is 1. The first-order chi connectivity index (χ1) is 9.60. The van der Waals surface area contributed by atoms with Crippen LogP contribution in [0.2, 0.25) is 0 Å². The second kappa shape index (κ2) is 6.44. The lowest BCUT2D eigenvalue weighted by Gasteiger charge is -2.21. The van der Waals surface area contributed by atoms with Crippen molar-refractivity contribution in [3.05, 3.63) is 23.8 Å². The second-order valence-electron chi connectivity index (χ2n) is 4.94. The Balaban J connectivity index is 1.94. The summed E-state index contributed by atoms with van der Waals surface area (Å²) in [7, 11) is 0. The first kappa shape index (κ1) is 14.4. The average Bonchev–Trinajstić information content (AvgIpc) is 2.42. The molecule has 1 heterocycles. The maximum atomic E-state index is 11.6. The summed E-state index contributed by atoms with van der Waals surface area (Å²) in [4.78, 5) is 23.2. The molecule has 2 fully saturated rings. The summed E-state index contributed by atoms with van der Waals surface area (Å²) < 4.78 is 0. The highest BCUT2D eigenvalue weighted by Gasteiger charge is 2.25. The predicted molar refractivity (Wildman–Crippen MR) is 77.2 cm³/mol. The van der Waals surface area contributed by atoms with E-state index in [4.69, 9.17) is 17.5 Å². The minimum absolute atomic E-state index is 0.0379. The number of carbonyl (C=O) groups excluding carboxylic acids is 2. The van der Waals surface area contributed by atoms with Crippen LogP contribution in [0.5, 0.6) is 0 Å². The van der Waals surface area contributed by atoms with Gasteiger partial charge in [0, 0.05) is 5.92 Å². The van der Waals surface area contributed by atoms with Gasteiger partial charge in [0.05, 0.1) is 6.07 Å². The van der Waals surface area contributed by atoms with Gasteiger partial charge in [0.1, 0.15) is 5.57 Å². The van der Waals surface area contributed by atoms with Crippen LogP contribution in [0.3, 0.4) is 0 Å². The van der Waals surface area contributed by atoms with Gasteiger partial charge in [-0.15, -0.1) is 0 Å². The Morgan fingerprint density at radius 2 is 1.75 bits per heavy atom. The molecule has 0 atom stereocenters. The predicted octanol–water partition coefficient (Wildman–Crippen LogP) is 1.33. The number of nitrogens with zero attached hydrogens (tertiary/aromatic N) is 1. The molecule has 0 aromatic heterocycles. The van der Waals surface area contributed by atoms with E-state index in [9.17, 15) is 9.59 Å². The van der Waals surface area contributed by atoms with Gasteiger partial charge in [-0.3, -0.25) is 20.2 Å². The van der Waals surface area contributed by atoms with E-state index < -0.39 is 11.8 Å². The number of nitrogens with one attached hydrogen (secondary N) is 2. The molecule has 0 radical (unpaired) electrons. The lowest BCUT2D eigenvalue weighted by atomic mass is 9.82. The quantitative estimate of drug-likeness (QED) is 0.456. The fourth-order valence-electron chi connectivity index (χ4n) is 2.38. The number of hydrogen-bond donors (Lipinski definition) is 2. The molecule has 0 bridgehead atoms. The number of amides is 2. The number of allylic oxidation sites excluding steroid dienone is 3. The third-order valence-electron chi connectivity index (χ3n) is 3.54. The summed E-state index contributed by atoms with van der Waals surface area (Å²) in [5.74, 6) is -0.366. The molecule has 104 valence electrons. The van der Waals surface area contributed by atoms with Crippen molar-refractivity contribution in [1.29, 1.82) is 5.26 Å². The molecule has 0 spiro atoms. The minimum atomic E-state index is -0.475. The van der Waals surface area contributed by atoms with Crippen LogP contribution in [-0.4, -0.2) is 16.9 Å². The number of hydrogen-bond acceptors (Lipinski definition) is 4. The summed E-state index contributed by atoms with van der Waals surface area (Å²) >= 11 is 4.71. The maximum absolute atomic E-state index is 11.6. The molecule has 1 aliphatic heterocycles. The largest absolute Gasteiger partial charge is 0.299 e. The normalized spacial score (nSPS) is 26.9. The van der Waals surface area contributed by atoms with Gasteiger partial charge in [-0.05, 0) is 49.9 Å². The van der Waals surface area contributed by atoms with Crippen molar-refractivity contribution in [2.45, 2.75) is 25.7 Å². The van der Waals surface area contributed by atoms with Crippen molar-refractivity contribution in [2.24, 2.45) is 11.8 Å². The zero-order valence-corrected chi connectivity index (χ0v) is 11.7. The standard InChI is InChI=1S/C14H15N3O2S/c15-8-10-6-4-9(5-7-10)2-1-3-11-12(18)16-14(20)17-13(11)19/h1-3,9-10H,4-7H2,(H2,16,17,18,19,20)/b2-1+.